The summed E-state index contributed by atoms with van der Waals surface area (Å²) in [5, 5.41) is 7.13. The molecule has 0 atom stereocenters. The maximum Gasteiger partial charge on any atom is 0.235 e. The molecule has 2 rings (SSSR count). The summed E-state index contributed by atoms with van der Waals surface area (Å²) >= 11 is 1.54. The molecule has 1 aromatic heterocycles. The fourth-order valence-corrected chi connectivity index (χ4v) is 2.90. The van der Waals surface area contributed by atoms with Crippen molar-refractivity contribution < 1.29 is 4.79 Å². The highest BCUT2D eigenvalue weighted by Gasteiger charge is 2.13. The zero-order valence-electron chi connectivity index (χ0n) is 14.5. The topological polar surface area (TPSA) is 46.9 Å². The summed E-state index contributed by atoms with van der Waals surface area (Å²) < 4.78 is 1.81. The summed E-state index contributed by atoms with van der Waals surface area (Å²) in [6.07, 6.45) is 1.70. The van der Waals surface area contributed by atoms with E-state index in [1.54, 1.807) is 22.6 Å². The maximum atomic E-state index is 12.1. The van der Waals surface area contributed by atoms with E-state index in [1.165, 1.54) is 5.56 Å². The summed E-state index contributed by atoms with van der Waals surface area (Å²) in [4.78, 5) is 13.2. The highest BCUT2D eigenvalue weighted by atomic mass is 32.2. The fraction of sp³-hybridized carbons (Fsp3) is 0.444. The number of hydrogen-bond acceptors (Lipinski definition) is 3. The average molecular weight is 331 g/mol. The van der Waals surface area contributed by atoms with Crippen LogP contribution in [-0.2, 0) is 10.2 Å². The molecule has 5 heteroatoms. The second-order valence-electron chi connectivity index (χ2n) is 6.87. The Balaban J connectivity index is 1.90. The maximum absolute atomic E-state index is 12.1. The number of benzene rings is 1. The first-order valence-corrected chi connectivity index (χ1v) is 8.82. The molecule has 0 unspecified atom stereocenters. The number of thioether (sulfide) groups is 1. The lowest BCUT2D eigenvalue weighted by Crippen LogP contribution is -2.18. The number of anilines is 1. The molecule has 0 aliphatic heterocycles. The van der Waals surface area contributed by atoms with Crippen LogP contribution in [0, 0.1) is 0 Å². The van der Waals surface area contributed by atoms with Gasteiger partial charge in [0.1, 0.15) is 5.82 Å². The molecule has 0 fully saturated rings. The zero-order valence-corrected chi connectivity index (χ0v) is 15.3. The lowest BCUT2D eigenvalue weighted by molar-refractivity contribution is -0.113. The van der Waals surface area contributed by atoms with Crippen LogP contribution < -0.4 is 5.32 Å². The van der Waals surface area contributed by atoms with Crippen molar-refractivity contribution in [3.05, 3.63) is 42.1 Å². The van der Waals surface area contributed by atoms with Crippen molar-refractivity contribution in [2.75, 3.05) is 11.1 Å². The van der Waals surface area contributed by atoms with Crippen LogP contribution in [0.3, 0.4) is 0 Å². The molecule has 1 N–H and O–H groups in total. The minimum Gasteiger partial charge on any atom is -0.310 e. The van der Waals surface area contributed by atoms with Gasteiger partial charge < -0.3 is 5.32 Å². The third-order valence-corrected chi connectivity index (χ3v) is 4.53. The number of carbonyl (C=O) groups is 1. The van der Waals surface area contributed by atoms with Crippen LogP contribution in [0.4, 0.5) is 5.82 Å². The first kappa shape index (κ1) is 17.6. The Kier molecular flexibility index (Phi) is 5.52. The lowest BCUT2D eigenvalue weighted by Gasteiger charge is -2.19. The zero-order chi connectivity index (χ0) is 17.0. The molecule has 0 saturated carbocycles. The molecular weight excluding hydrogens is 306 g/mol. The summed E-state index contributed by atoms with van der Waals surface area (Å²) in [6.45, 7) is 10.7. The Morgan fingerprint density at radius 3 is 2.43 bits per heavy atom. The van der Waals surface area contributed by atoms with Gasteiger partial charge in [-0.1, -0.05) is 32.9 Å². The van der Waals surface area contributed by atoms with Crippen molar-refractivity contribution in [1.82, 2.24) is 9.78 Å². The highest BCUT2D eigenvalue weighted by Crippen LogP contribution is 2.25. The standard InChI is InChI=1S/C18H25N3OS/c1-13(2)21-16(10-11-19-21)20-17(22)12-23-15-8-6-14(7-9-15)18(3,4)5/h6-11,13H,12H2,1-5H3,(H,20,22). The first-order chi connectivity index (χ1) is 10.8. The van der Waals surface area contributed by atoms with Crippen molar-refractivity contribution in [2.24, 2.45) is 0 Å². The molecule has 0 spiro atoms. The van der Waals surface area contributed by atoms with Gasteiger partial charge in [-0.25, -0.2) is 4.68 Å². The molecule has 124 valence electrons. The van der Waals surface area contributed by atoms with E-state index in [2.05, 4.69) is 55.5 Å². The smallest absolute Gasteiger partial charge is 0.235 e. The van der Waals surface area contributed by atoms with Crippen molar-refractivity contribution in [1.29, 1.82) is 0 Å². The minimum atomic E-state index is -0.0164. The van der Waals surface area contributed by atoms with E-state index in [-0.39, 0.29) is 17.4 Å². The van der Waals surface area contributed by atoms with E-state index in [0.717, 1.165) is 10.7 Å². The molecule has 0 aliphatic rings. The normalized spacial score (nSPS) is 11.7. The molecule has 1 aromatic carbocycles. The van der Waals surface area contributed by atoms with Crippen LogP contribution >= 0.6 is 11.8 Å². The van der Waals surface area contributed by atoms with Gasteiger partial charge >= 0.3 is 0 Å². The predicted molar refractivity (Wildman–Crippen MR) is 97.1 cm³/mol. The van der Waals surface area contributed by atoms with Crippen LogP contribution in [0.1, 0.15) is 46.2 Å². The van der Waals surface area contributed by atoms with Gasteiger partial charge in [0.05, 0.1) is 11.9 Å². The summed E-state index contributed by atoms with van der Waals surface area (Å²) in [5.74, 6) is 1.11. The van der Waals surface area contributed by atoms with Crippen molar-refractivity contribution >= 4 is 23.5 Å². The molecule has 23 heavy (non-hydrogen) atoms. The monoisotopic (exact) mass is 331 g/mol. The highest BCUT2D eigenvalue weighted by molar-refractivity contribution is 8.00. The van der Waals surface area contributed by atoms with Crippen LogP contribution in [0.25, 0.3) is 0 Å². The van der Waals surface area contributed by atoms with Gasteiger partial charge in [-0.2, -0.15) is 5.10 Å². The number of nitrogens with zero attached hydrogens (tertiary/aromatic N) is 2. The summed E-state index contributed by atoms with van der Waals surface area (Å²) in [7, 11) is 0. The van der Waals surface area contributed by atoms with E-state index in [4.69, 9.17) is 0 Å². The van der Waals surface area contributed by atoms with Crippen LogP contribution in [-0.4, -0.2) is 21.4 Å². The Morgan fingerprint density at radius 1 is 1.22 bits per heavy atom. The van der Waals surface area contributed by atoms with Gasteiger partial charge in [-0.05, 0) is 37.0 Å². The fourth-order valence-electron chi connectivity index (χ4n) is 2.20. The van der Waals surface area contributed by atoms with Crippen molar-refractivity contribution in [3.8, 4) is 0 Å². The molecule has 1 amide bonds. The van der Waals surface area contributed by atoms with Gasteiger partial charge in [-0.3, -0.25) is 4.79 Å². The Hall–Kier alpha value is -1.75. The van der Waals surface area contributed by atoms with E-state index in [0.29, 0.717) is 5.75 Å². The molecular formula is C18H25N3OS. The van der Waals surface area contributed by atoms with Gasteiger partial charge in [0.2, 0.25) is 5.91 Å². The Labute approximate surface area is 142 Å². The summed E-state index contributed by atoms with van der Waals surface area (Å²) in [5.41, 5.74) is 1.45. The number of aromatic nitrogens is 2. The predicted octanol–water partition coefficient (Wildman–Crippen LogP) is 4.49. The molecule has 2 aromatic rings. The van der Waals surface area contributed by atoms with Gasteiger partial charge in [0.25, 0.3) is 0 Å². The largest absolute Gasteiger partial charge is 0.310 e. The SMILES string of the molecule is CC(C)n1nccc1NC(=O)CSc1ccc(C(C)(C)C)cc1. The molecule has 0 aliphatic carbocycles. The number of amides is 1. The molecule has 0 bridgehead atoms. The van der Waals surface area contributed by atoms with Gasteiger partial charge in [0.15, 0.2) is 0 Å². The third kappa shape index (κ3) is 4.86. The minimum absolute atomic E-state index is 0.0164. The second kappa shape index (κ2) is 7.21. The van der Waals surface area contributed by atoms with E-state index in [1.807, 2.05) is 19.9 Å². The van der Waals surface area contributed by atoms with Crippen LogP contribution in [0.15, 0.2) is 41.4 Å². The first-order valence-electron chi connectivity index (χ1n) is 7.84. The second-order valence-corrected chi connectivity index (χ2v) is 7.91. The van der Waals surface area contributed by atoms with E-state index >= 15 is 0 Å². The van der Waals surface area contributed by atoms with E-state index in [9.17, 15) is 4.79 Å². The van der Waals surface area contributed by atoms with Gasteiger partial charge in [-0.15, -0.1) is 11.8 Å². The van der Waals surface area contributed by atoms with Crippen LogP contribution in [0.2, 0.25) is 0 Å². The number of hydrogen-bond donors (Lipinski definition) is 1. The van der Waals surface area contributed by atoms with E-state index < -0.39 is 0 Å². The van der Waals surface area contributed by atoms with Crippen molar-refractivity contribution in [2.45, 2.75) is 51.0 Å². The summed E-state index contributed by atoms with van der Waals surface area (Å²) in [6, 6.07) is 10.5. The number of nitrogens with one attached hydrogen (secondary N) is 1. The molecule has 0 radical (unpaired) electrons. The Morgan fingerprint density at radius 2 is 1.87 bits per heavy atom. The quantitative estimate of drug-likeness (QED) is 0.821. The lowest BCUT2D eigenvalue weighted by atomic mass is 9.87. The molecule has 4 nitrogen and oxygen atoms in total. The number of rotatable bonds is 5. The third-order valence-electron chi connectivity index (χ3n) is 3.52. The van der Waals surface area contributed by atoms with Crippen LogP contribution in [0.5, 0.6) is 0 Å². The van der Waals surface area contributed by atoms with Crippen molar-refractivity contribution in [3.63, 3.8) is 0 Å². The van der Waals surface area contributed by atoms with Gasteiger partial charge in [0, 0.05) is 17.0 Å². The average Bonchev–Trinajstić information content (AvgIpc) is 2.93. The number of carbonyl (C=O) groups excluding carboxylic acids is 1. The molecule has 1 heterocycles. The Bertz CT molecular complexity index is 654. The molecule has 0 saturated heterocycles.